The Morgan fingerprint density at radius 1 is 0.953 bits per heavy atom. The summed E-state index contributed by atoms with van der Waals surface area (Å²) in [4.78, 5) is 27.1. The summed E-state index contributed by atoms with van der Waals surface area (Å²) in [7, 11) is -9.08. The number of aromatic nitrogens is 5. The van der Waals surface area contributed by atoms with Gasteiger partial charge in [-0.3, -0.25) is 9.36 Å². The number of nitrogens with one attached hydrogen (secondary N) is 2. The van der Waals surface area contributed by atoms with Gasteiger partial charge in [-0.2, -0.15) is 0 Å². The number of aliphatic hydroxyl groups is 4. The van der Waals surface area contributed by atoms with Gasteiger partial charge in [0.15, 0.2) is 22.8 Å². The maximum Gasteiger partial charge on any atom is 0.268 e. The molecule has 0 radical (unpaired) electrons. The highest BCUT2D eigenvalue weighted by Gasteiger charge is 2.46. The summed E-state index contributed by atoms with van der Waals surface area (Å²) in [6.45, 7) is -1.21. The highest BCUT2D eigenvalue weighted by Crippen LogP contribution is 2.35. The van der Waals surface area contributed by atoms with Crippen LogP contribution < -0.4 is 20.9 Å². The Kier molecular flexibility index (Phi) is 8.67. The van der Waals surface area contributed by atoms with E-state index >= 15 is 0 Å². The van der Waals surface area contributed by atoms with Gasteiger partial charge in [-0.25, -0.2) is 46.2 Å². The van der Waals surface area contributed by atoms with E-state index < -0.39 is 93.1 Å². The molecule has 0 saturated carbocycles. The van der Waals surface area contributed by atoms with Crippen molar-refractivity contribution in [2.75, 3.05) is 23.9 Å². The number of amides is 1. The van der Waals surface area contributed by atoms with Gasteiger partial charge in [-0.05, 0) is 0 Å². The molecular weight excluding hydrogens is 638 g/mol. The van der Waals surface area contributed by atoms with Crippen molar-refractivity contribution in [3.8, 4) is 0 Å². The molecule has 5 rings (SSSR count). The van der Waals surface area contributed by atoms with Crippen LogP contribution in [0.15, 0.2) is 18.0 Å². The lowest BCUT2D eigenvalue weighted by Crippen LogP contribution is -2.44. The van der Waals surface area contributed by atoms with Crippen LogP contribution in [0.4, 0.5) is 5.82 Å². The van der Waals surface area contributed by atoms with E-state index in [1.807, 2.05) is 9.44 Å². The minimum atomic E-state index is -4.54. The lowest BCUT2D eigenvalue weighted by atomic mass is 10.1. The number of anilines is 1. The lowest BCUT2D eigenvalue weighted by Gasteiger charge is -2.17. The van der Waals surface area contributed by atoms with Crippen molar-refractivity contribution in [2.45, 2.75) is 49.0 Å². The number of hydrogen-bond donors (Lipinski definition) is 8. The molecule has 0 spiro atoms. The molecule has 0 unspecified atom stereocenters. The molecule has 2 aliphatic rings. The summed E-state index contributed by atoms with van der Waals surface area (Å²) in [5.74, 6) is -0.744. The summed E-state index contributed by atoms with van der Waals surface area (Å²) in [6.07, 6.45) is -8.76. The van der Waals surface area contributed by atoms with E-state index in [1.165, 1.54) is 16.3 Å². The van der Waals surface area contributed by atoms with Crippen LogP contribution >= 0.6 is 11.3 Å². The van der Waals surface area contributed by atoms with Crippen LogP contribution in [0.1, 0.15) is 27.8 Å². The fourth-order valence-electron chi connectivity index (χ4n) is 4.54. The third kappa shape index (κ3) is 6.46. The number of imidazole rings is 1. The first-order valence-corrected chi connectivity index (χ1v) is 16.5. The highest BCUT2D eigenvalue weighted by molar-refractivity contribution is 8.06. The topological polar surface area (TPSA) is 317 Å². The quantitative estimate of drug-likeness (QED) is 0.0953. The van der Waals surface area contributed by atoms with E-state index in [-0.39, 0.29) is 27.7 Å². The zero-order valence-electron chi connectivity index (χ0n) is 21.7. The Balaban J connectivity index is 1.16. The Morgan fingerprint density at radius 2 is 1.58 bits per heavy atom. The van der Waals surface area contributed by atoms with Gasteiger partial charge in [0.25, 0.3) is 5.91 Å². The summed E-state index contributed by atoms with van der Waals surface area (Å²) >= 11 is 0.938. The van der Waals surface area contributed by atoms with Crippen molar-refractivity contribution in [3.63, 3.8) is 0 Å². The SMILES string of the molecule is NC(=O)c1csc([C@@H]2O[C@H](CNS(=O)(=O)CS(=O)(=O)NC[C@H]3O[C@@H](n4cnc5c(N)ncnc54)[C@H](O)[C@@H]3O)[C@@H](O)[C@H]2O)n1. The number of nitrogen functional groups attached to an aromatic ring is 1. The largest absolute Gasteiger partial charge is 0.388 e. The predicted molar refractivity (Wildman–Crippen MR) is 145 cm³/mol. The Morgan fingerprint density at radius 3 is 2.21 bits per heavy atom. The van der Waals surface area contributed by atoms with Crippen molar-refractivity contribution >= 4 is 54.3 Å². The first-order valence-electron chi connectivity index (χ1n) is 12.3. The van der Waals surface area contributed by atoms with E-state index in [2.05, 4.69) is 19.9 Å². The van der Waals surface area contributed by atoms with Gasteiger partial charge in [0.05, 0.1) is 6.33 Å². The van der Waals surface area contributed by atoms with Gasteiger partial charge in [-0.15, -0.1) is 11.3 Å². The number of rotatable bonds is 11. The zero-order valence-corrected chi connectivity index (χ0v) is 24.2. The molecular formula is C20H27N9O11S3. The lowest BCUT2D eigenvalue weighted by molar-refractivity contribution is -0.0330. The summed E-state index contributed by atoms with van der Waals surface area (Å²) in [6, 6.07) is 0. The number of thiazole rings is 1. The van der Waals surface area contributed by atoms with Crippen LogP contribution in [0.5, 0.6) is 0 Å². The zero-order chi connectivity index (χ0) is 31.3. The van der Waals surface area contributed by atoms with Crippen LogP contribution in [0.2, 0.25) is 0 Å². The van der Waals surface area contributed by atoms with Crippen LogP contribution in [0.3, 0.4) is 0 Å². The minimum Gasteiger partial charge on any atom is -0.388 e. The smallest absolute Gasteiger partial charge is 0.268 e. The van der Waals surface area contributed by atoms with Gasteiger partial charge in [0.1, 0.15) is 65.3 Å². The number of aliphatic hydroxyl groups excluding tert-OH is 4. The number of carbonyl (C=O) groups excluding carboxylic acids is 1. The minimum absolute atomic E-state index is 0.0687. The third-order valence-corrected chi connectivity index (χ3v) is 11.3. The van der Waals surface area contributed by atoms with Crippen molar-refractivity contribution in [2.24, 2.45) is 5.73 Å². The fourth-order valence-corrected chi connectivity index (χ4v) is 8.56. The molecule has 23 heteroatoms. The van der Waals surface area contributed by atoms with Crippen LogP contribution in [-0.2, 0) is 29.5 Å². The number of carbonyl (C=O) groups is 1. The van der Waals surface area contributed by atoms with Gasteiger partial charge in [0, 0.05) is 18.5 Å². The predicted octanol–water partition coefficient (Wildman–Crippen LogP) is -4.76. The molecule has 2 aliphatic heterocycles. The number of sulfonamides is 2. The monoisotopic (exact) mass is 665 g/mol. The number of nitrogens with two attached hydrogens (primary N) is 2. The molecule has 5 heterocycles. The molecule has 236 valence electrons. The average molecular weight is 666 g/mol. The van der Waals surface area contributed by atoms with Crippen LogP contribution in [-0.4, -0.2) is 122 Å². The van der Waals surface area contributed by atoms with Crippen LogP contribution in [0.25, 0.3) is 11.2 Å². The molecule has 20 nitrogen and oxygen atoms in total. The molecule has 10 N–H and O–H groups in total. The third-order valence-electron chi connectivity index (χ3n) is 6.70. The molecule has 2 fully saturated rings. The van der Waals surface area contributed by atoms with Gasteiger partial charge in [0.2, 0.25) is 20.0 Å². The first-order chi connectivity index (χ1) is 20.2. The van der Waals surface area contributed by atoms with Gasteiger partial charge >= 0.3 is 0 Å². The van der Waals surface area contributed by atoms with E-state index in [9.17, 15) is 42.1 Å². The Labute approximate surface area is 246 Å². The standard InChI is InChI=1S/C20H27N9O11S3/c21-16-10-18(24-4-23-16)29(5-25-10)20-14(33)12(31)9(40-20)2-27-43(37,38)6-42(35,36)26-1-8-11(30)13(32)15(39-8)19-28-7(3-41-19)17(22)34/h3-5,8-9,11-15,20,26-27,30-33H,1-2,6H2,(H2,22,34)(H2,21,23,24)/t8-,9-,11-,12-,13-,14-,15-,20-/m1/s1. The summed E-state index contributed by atoms with van der Waals surface area (Å²) < 4.78 is 66.7. The maximum atomic E-state index is 12.6. The van der Waals surface area contributed by atoms with Crippen LogP contribution in [0, 0.1) is 0 Å². The van der Waals surface area contributed by atoms with Crippen molar-refractivity contribution in [1.82, 2.24) is 33.9 Å². The van der Waals surface area contributed by atoms with Crippen molar-refractivity contribution in [3.05, 3.63) is 28.7 Å². The molecule has 1 amide bonds. The second-order valence-corrected chi connectivity index (χ2v) is 14.6. The molecule has 43 heavy (non-hydrogen) atoms. The Hall–Kier alpha value is -2.97. The van der Waals surface area contributed by atoms with E-state index in [0.29, 0.717) is 0 Å². The van der Waals surface area contributed by atoms with E-state index in [4.69, 9.17) is 20.9 Å². The number of nitrogens with zero attached hydrogens (tertiary/aromatic N) is 5. The molecule has 8 atom stereocenters. The normalized spacial score (nSPS) is 29.9. The van der Waals surface area contributed by atoms with Gasteiger partial charge in [-0.1, -0.05) is 0 Å². The van der Waals surface area contributed by atoms with E-state index in [1.54, 1.807) is 0 Å². The van der Waals surface area contributed by atoms with Gasteiger partial charge < -0.3 is 41.4 Å². The average Bonchev–Trinajstić information content (AvgIpc) is 3.70. The van der Waals surface area contributed by atoms with Crippen molar-refractivity contribution < 1.29 is 51.5 Å². The molecule has 3 aromatic rings. The number of fused-ring (bicyclic) bond motifs is 1. The number of ether oxygens (including phenoxy) is 2. The molecule has 0 bridgehead atoms. The van der Waals surface area contributed by atoms with Crippen molar-refractivity contribution in [1.29, 1.82) is 0 Å². The maximum absolute atomic E-state index is 12.6. The summed E-state index contributed by atoms with van der Waals surface area (Å²) in [5.41, 5.74) is 11.2. The molecule has 2 saturated heterocycles. The second-order valence-electron chi connectivity index (χ2n) is 9.69. The summed E-state index contributed by atoms with van der Waals surface area (Å²) in [5, 5.41) is 41.6. The first kappa shape index (κ1) is 31.5. The molecule has 3 aromatic heterocycles. The molecule has 0 aromatic carbocycles. The molecule has 0 aliphatic carbocycles. The second kappa shape index (κ2) is 11.8. The number of hydrogen-bond acceptors (Lipinski definition) is 17. The highest BCUT2D eigenvalue weighted by atomic mass is 32.3. The van der Waals surface area contributed by atoms with E-state index in [0.717, 1.165) is 17.7 Å². The Bertz CT molecular complexity index is 1720. The number of primary amides is 1. The fraction of sp³-hybridized carbons (Fsp3) is 0.550.